The lowest BCUT2D eigenvalue weighted by molar-refractivity contribution is 0.120. The Labute approximate surface area is 145 Å². The summed E-state index contributed by atoms with van der Waals surface area (Å²) < 4.78 is 41.7. The first-order valence-electron chi connectivity index (χ1n) is 7.84. The van der Waals surface area contributed by atoms with Crippen LogP contribution in [-0.2, 0) is 17.8 Å². The summed E-state index contributed by atoms with van der Waals surface area (Å²) in [6.07, 6.45) is -2.83. The lowest BCUT2D eigenvalue weighted by Gasteiger charge is -2.15. The Morgan fingerprint density at radius 1 is 1.16 bits per heavy atom. The van der Waals surface area contributed by atoms with E-state index in [4.69, 9.17) is 9.47 Å². The van der Waals surface area contributed by atoms with Gasteiger partial charge in [-0.3, -0.25) is 0 Å². The smallest absolute Gasteiger partial charge is 0.488 e. The molecule has 2 aromatic rings. The molecule has 2 rings (SSSR count). The zero-order chi connectivity index (χ0) is 18.4. The second-order valence-electron chi connectivity index (χ2n) is 5.42. The first kappa shape index (κ1) is 18.7. The molecule has 0 aliphatic carbocycles. The highest BCUT2D eigenvalue weighted by atomic mass is 19.3. The molecule has 4 nitrogen and oxygen atoms in total. The van der Waals surface area contributed by atoms with Gasteiger partial charge in [0.1, 0.15) is 18.1 Å². The van der Waals surface area contributed by atoms with Gasteiger partial charge in [-0.05, 0) is 42.7 Å². The third kappa shape index (κ3) is 4.68. The summed E-state index contributed by atoms with van der Waals surface area (Å²) in [5.41, 5.74) is 2.06. The SMILES string of the molecule is CCc1ccc(OCc2c(C)cccc2OC(=O)OC)c(C(F)F)c1. The molecule has 0 aromatic heterocycles. The van der Waals surface area contributed by atoms with Crippen LogP contribution in [0.2, 0.25) is 0 Å². The fourth-order valence-corrected chi connectivity index (χ4v) is 2.36. The number of methoxy groups -OCH3 is 1. The maximum atomic E-state index is 13.3. The summed E-state index contributed by atoms with van der Waals surface area (Å²) >= 11 is 0. The lowest BCUT2D eigenvalue weighted by atomic mass is 10.1. The monoisotopic (exact) mass is 350 g/mol. The summed E-state index contributed by atoms with van der Waals surface area (Å²) in [7, 11) is 1.21. The minimum atomic E-state index is -2.64. The number of aryl methyl sites for hydroxylation is 2. The molecule has 0 atom stereocenters. The highest BCUT2D eigenvalue weighted by Gasteiger charge is 2.17. The van der Waals surface area contributed by atoms with Crippen LogP contribution in [0.3, 0.4) is 0 Å². The number of rotatable bonds is 6. The van der Waals surface area contributed by atoms with Crippen molar-refractivity contribution in [2.45, 2.75) is 33.3 Å². The van der Waals surface area contributed by atoms with Crippen LogP contribution in [0, 0.1) is 6.92 Å². The van der Waals surface area contributed by atoms with Crippen molar-refractivity contribution >= 4 is 6.16 Å². The van der Waals surface area contributed by atoms with Gasteiger partial charge in [-0.1, -0.05) is 25.1 Å². The fourth-order valence-electron chi connectivity index (χ4n) is 2.36. The summed E-state index contributed by atoms with van der Waals surface area (Å²) in [6.45, 7) is 3.70. The topological polar surface area (TPSA) is 44.8 Å². The molecule has 0 saturated carbocycles. The molecule has 0 aliphatic heterocycles. The van der Waals surface area contributed by atoms with E-state index in [2.05, 4.69) is 4.74 Å². The molecule has 2 aromatic carbocycles. The molecule has 6 heteroatoms. The molecule has 0 heterocycles. The van der Waals surface area contributed by atoms with Gasteiger partial charge >= 0.3 is 6.16 Å². The molecule has 0 spiro atoms. The van der Waals surface area contributed by atoms with Crippen LogP contribution in [0.25, 0.3) is 0 Å². The number of halogens is 2. The van der Waals surface area contributed by atoms with E-state index in [1.165, 1.54) is 13.2 Å². The molecule has 134 valence electrons. The molecule has 0 fully saturated rings. The Morgan fingerprint density at radius 3 is 2.56 bits per heavy atom. The van der Waals surface area contributed by atoms with Crippen molar-refractivity contribution in [3.8, 4) is 11.5 Å². The van der Waals surface area contributed by atoms with Crippen molar-refractivity contribution in [1.29, 1.82) is 0 Å². The van der Waals surface area contributed by atoms with Crippen molar-refractivity contribution in [2.75, 3.05) is 7.11 Å². The second kappa shape index (κ2) is 8.46. The third-order valence-corrected chi connectivity index (χ3v) is 3.82. The zero-order valence-corrected chi connectivity index (χ0v) is 14.3. The standard InChI is InChI=1S/C19H20F2O4/c1-4-13-8-9-16(14(10-13)18(20)21)24-11-15-12(2)6-5-7-17(15)25-19(22)23-3/h5-10,18H,4,11H2,1-3H3. The summed E-state index contributed by atoms with van der Waals surface area (Å²) in [5, 5.41) is 0. The maximum absolute atomic E-state index is 13.3. The number of benzene rings is 2. The van der Waals surface area contributed by atoms with Gasteiger partial charge in [-0.15, -0.1) is 0 Å². The molecule has 0 radical (unpaired) electrons. The Kier molecular flexibility index (Phi) is 6.33. The van der Waals surface area contributed by atoms with Crippen molar-refractivity contribution in [1.82, 2.24) is 0 Å². The number of ether oxygens (including phenoxy) is 3. The van der Waals surface area contributed by atoms with Gasteiger partial charge in [0.2, 0.25) is 0 Å². The highest BCUT2D eigenvalue weighted by molar-refractivity contribution is 5.64. The van der Waals surface area contributed by atoms with Crippen LogP contribution in [0.4, 0.5) is 13.6 Å². The molecule has 0 aliphatic rings. The van der Waals surface area contributed by atoms with Crippen molar-refractivity contribution < 1.29 is 27.8 Å². The predicted octanol–water partition coefficient (Wildman–Crippen LogP) is 5.22. The summed E-state index contributed by atoms with van der Waals surface area (Å²) in [4.78, 5) is 11.3. The van der Waals surface area contributed by atoms with E-state index < -0.39 is 12.6 Å². The Morgan fingerprint density at radius 2 is 1.92 bits per heavy atom. The molecule has 0 amide bonds. The van der Waals surface area contributed by atoms with E-state index >= 15 is 0 Å². The average Bonchev–Trinajstić information content (AvgIpc) is 2.60. The summed E-state index contributed by atoms with van der Waals surface area (Å²) in [5.74, 6) is 0.384. The largest absolute Gasteiger partial charge is 0.513 e. The number of alkyl halides is 2. The van der Waals surface area contributed by atoms with Gasteiger partial charge < -0.3 is 14.2 Å². The molecular formula is C19H20F2O4. The molecule has 0 saturated heterocycles. The van der Waals surface area contributed by atoms with E-state index in [0.29, 0.717) is 12.0 Å². The normalized spacial score (nSPS) is 10.6. The minimum absolute atomic E-state index is 0.00973. The molecule has 0 N–H and O–H groups in total. The van der Waals surface area contributed by atoms with Gasteiger partial charge in [0.05, 0.1) is 12.7 Å². The first-order valence-corrected chi connectivity index (χ1v) is 7.84. The Balaban J connectivity index is 2.26. The number of hydrogen-bond donors (Lipinski definition) is 0. The molecular weight excluding hydrogens is 330 g/mol. The van der Waals surface area contributed by atoms with Crippen molar-refractivity contribution in [2.24, 2.45) is 0 Å². The van der Waals surface area contributed by atoms with Crippen molar-refractivity contribution in [3.63, 3.8) is 0 Å². The minimum Gasteiger partial charge on any atom is -0.488 e. The number of hydrogen-bond acceptors (Lipinski definition) is 4. The maximum Gasteiger partial charge on any atom is 0.513 e. The van der Waals surface area contributed by atoms with E-state index in [-0.39, 0.29) is 23.7 Å². The Bertz CT molecular complexity index is 744. The van der Waals surface area contributed by atoms with Gasteiger partial charge in [0.25, 0.3) is 6.43 Å². The van der Waals surface area contributed by atoms with Crippen LogP contribution in [0.15, 0.2) is 36.4 Å². The number of carbonyl (C=O) groups is 1. The molecule has 25 heavy (non-hydrogen) atoms. The fraction of sp³-hybridized carbons (Fsp3) is 0.316. The van der Waals surface area contributed by atoms with E-state index in [0.717, 1.165) is 11.1 Å². The first-order chi connectivity index (χ1) is 12.0. The molecule has 0 bridgehead atoms. The van der Waals surface area contributed by atoms with Gasteiger partial charge in [0.15, 0.2) is 0 Å². The third-order valence-electron chi connectivity index (χ3n) is 3.82. The predicted molar refractivity (Wildman–Crippen MR) is 89.3 cm³/mol. The van der Waals surface area contributed by atoms with Crippen LogP contribution < -0.4 is 9.47 Å². The van der Waals surface area contributed by atoms with Crippen LogP contribution in [0.1, 0.15) is 35.6 Å². The second-order valence-corrected chi connectivity index (χ2v) is 5.42. The Hall–Kier alpha value is -2.63. The van der Waals surface area contributed by atoms with Crippen molar-refractivity contribution in [3.05, 3.63) is 58.7 Å². The van der Waals surface area contributed by atoms with E-state index in [9.17, 15) is 13.6 Å². The quantitative estimate of drug-likeness (QED) is 0.529. The van der Waals surface area contributed by atoms with E-state index in [1.54, 1.807) is 24.3 Å². The zero-order valence-electron chi connectivity index (χ0n) is 14.3. The van der Waals surface area contributed by atoms with Crippen LogP contribution in [-0.4, -0.2) is 13.3 Å². The van der Waals surface area contributed by atoms with Gasteiger partial charge in [-0.2, -0.15) is 0 Å². The lowest BCUT2D eigenvalue weighted by Crippen LogP contribution is -2.11. The van der Waals surface area contributed by atoms with Gasteiger partial charge in [0, 0.05) is 5.56 Å². The van der Waals surface area contributed by atoms with E-state index in [1.807, 2.05) is 19.9 Å². The van der Waals surface area contributed by atoms with Crippen LogP contribution in [0.5, 0.6) is 11.5 Å². The number of carbonyl (C=O) groups excluding carboxylic acids is 1. The average molecular weight is 350 g/mol. The van der Waals surface area contributed by atoms with Crippen LogP contribution >= 0.6 is 0 Å². The highest BCUT2D eigenvalue weighted by Crippen LogP contribution is 2.32. The molecule has 0 unspecified atom stereocenters. The summed E-state index contributed by atoms with van der Waals surface area (Å²) in [6, 6.07) is 9.87. The van der Waals surface area contributed by atoms with Gasteiger partial charge in [-0.25, -0.2) is 13.6 Å².